The van der Waals surface area contributed by atoms with Gasteiger partial charge in [0.15, 0.2) is 0 Å². The number of aromatic nitrogens is 2. The minimum absolute atomic E-state index is 0.515. The summed E-state index contributed by atoms with van der Waals surface area (Å²) in [6, 6.07) is 15.6. The number of anilines is 4. The fourth-order valence-corrected chi connectivity index (χ4v) is 3.17. The van der Waals surface area contributed by atoms with Gasteiger partial charge in [-0.2, -0.15) is 10.2 Å². The van der Waals surface area contributed by atoms with Crippen LogP contribution in [0, 0.1) is 32.1 Å². The smallest absolute Gasteiger partial charge is 0.229 e. The lowest BCUT2D eigenvalue weighted by Crippen LogP contribution is -2.15. The van der Waals surface area contributed by atoms with Crippen LogP contribution >= 0.6 is 0 Å². The molecule has 0 amide bonds. The quantitative estimate of drug-likeness (QED) is 0.738. The van der Waals surface area contributed by atoms with Gasteiger partial charge in [-0.15, -0.1) is 0 Å². The molecule has 1 heterocycles. The summed E-state index contributed by atoms with van der Waals surface area (Å²) < 4.78 is 0. The summed E-state index contributed by atoms with van der Waals surface area (Å²) in [4.78, 5) is 11.0. The van der Waals surface area contributed by atoms with Gasteiger partial charge >= 0.3 is 0 Å². The van der Waals surface area contributed by atoms with Crippen LogP contribution < -0.4 is 10.2 Å². The molecule has 0 saturated carbocycles. The monoisotopic (exact) mass is 343 g/mol. The van der Waals surface area contributed by atoms with Gasteiger partial charge in [-0.05, 0) is 62.2 Å². The van der Waals surface area contributed by atoms with Crippen molar-refractivity contribution >= 4 is 23.1 Å². The number of benzene rings is 2. The summed E-state index contributed by atoms with van der Waals surface area (Å²) in [5, 5.41) is 12.1. The normalized spacial score (nSPS) is 10.3. The maximum absolute atomic E-state index is 8.89. The van der Waals surface area contributed by atoms with Crippen LogP contribution in [0.3, 0.4) is 0 Å². The Labute approximate surface area is 154 Å². The summed E-state index contributed by atoms with van der Waals surface area (Å²) in [6.45, 7) is 6.33. The zero-order chi connectivity index (χ0) is 18.7. The van der Waals surface area contributed by atoms with Gasteiger partial charge in [0.05, 0.1) is 11.6 Å². The molecule has 0 saturated heterocycles. The van der Waals surface area contributed by atoms with E-state index in [1.165, 1.54) is 16.7 Å². The largest absolute Gasteiger partial charge is 0.329 e. The van der Waals surface area contributed by atoms with Gasteiger partial charge in [-0.25, -0.2) is 4.98 Å². The molecule has 0 spiro atoms. The van der Waals surface area contributed by atoms with Gasteiger partial charge in [0, 0.05) is 24.6 Å². The first-order valence-electron chi connectivity index (χ1n) is 8.40. The Kier molecular flexibility index (Phi) is 4.85. The lowest BCUT2D eigenvalue weighted by Gasteiger charge is -2.23. The van der Waals surface area contributed by atoms with Gasteiger partial charge in [-0.3, -0.25) is 0 Å². The van der Waals surface area contributed by atoms with Crippen LogP contribution in [0.4, 0.5) is 23.1 Å². The number of nitrogens with one attached hydrogen (secondary N) is 1. The zero-order valence-electron chi connectivity index (χ0n) is 15.4. The van der Waals surface area contributed by atoms with Crippen molar-refractivity contribution in [1.29, 1.82) is 5.26 Å². The van der Waals surface area contributed by atoms with Gasteiger partial charge in [-0.1, -0.05) is 17.7 Å². The summed E-state index contributed by atoms with van der Waals surface area (Å²) in [5.41, 5.74) is 6.29. The molecule has 0 bridgehead atoms. The predicted octanol–water partition coefficient (Wildman–Crippen LogP) is 4.79. The van der Waals surface area contributed by atoms with Gasteiger partial charge in [0.25, 0.3) is 0 Å². The van der Waals surface area contributed by atoms with Crippen molar-refractivity contribution in [3.05, 3.63) is 70.9 Å². The van der Waals surface area contributed by atoms with E-state index in [4.69, 9.17) is 5.26 Å². The number of nitriles is 1. The topological polar surface area (TPSA) is 64.8 Å². The van der Waals surface area contributed by atoms with E-state index in [1.54, 1.807) is 18.3 Å². The highest BCUT2D eigenvalue weighted by Gasteiger charge is 2.12. The molecule has 1 aromatic heterocycles. The molecule has 0 aliphatic heterocycles. The van der Waals surface area contributed by atoms with Crippen LogP contribution in [0.1, 0.15) is 22.3 Å². The molecule has 0 fully saturated rings. The fraction of sp³-hybridized carbons (Fsp3) is 0.190. The molecule has 0 unspecified atom stereocenters. The minimum Gasteiger partial charge on any atom is -0.329 e. The summed E-state index contributed by atoms with van der Waals surface area (Å²) in [6.07, 6.45) is 1.74. The third kappa shape index (κ3) is 3.65. The Morgan fingerprint density at radius 3 is 2.27 bits per heavy atom. The molecule has 130 valence electrons. The summed E-state index contributed by atoms with van der Waals surface area (Å²) in [5.74, 6) is 1.33. The standard InChI is InChI=1S/C21H21N5/c1-14-11-15(2)20(16(3)12-14)26(4)19-9-10-23-21(25-19)24-18-7-5-17(13-22)6-8-18/h5-12H,1-4H3,(H,23,24,25). The molecule has 5 nitrogen and oxygen atoms in total. The van der Waals surface area contributed by atoms with Crippen molar-refractivity contribution in [1.82, 2.24) is 9.97 Å². The molecule has 0 aliphatic carbocycles. The van der Waals surface area contributed by atoms with E-state index >= 15 is 0 Å². The van der Waals surface area contributed by atoms with Crippen LogP contribution in [0.15, 0.2) is 48.7 Å². The van der Waals surface area contributed by atoms with Crippen LogP contribution in [0.25, 0.3) is 0 Å². The first kappa shape index (κ1) is 17.4. The highest BCUT2D eigenvalue weighted by atomic mass is 15.2. The minimum atomic E-state index is 0.515. The first-order chi connectivity index (χ1) is 12.5. The second-order valence-corrected chi connectivity index (χ2v) is 6.36. The maximum Gasteiger partial charge on any atom is 0.229 e. The highest BCUT2D eigenvalue weighted by molar-refractivity contribution is 5.68. The Hall–Kier alpha value is -3.39. The molecule has 0 radical (unpaired) electrons. The fourth-order valence-electron chi connectivity index (χ4n) is 3.17. The Morgan fingerprint density at radius 1 is 1.00 bits per heavy atom. The van der Waals surface area contributed by atoms with Crippen molar-refractivity contribution in [3.8, 4) is 6.07 Å². The number of nitrogens with zero attached hydrogens (tertiary/aromatic N) is 4. The number of rotatable bonds is 4. The van der Waals surface area contributed by atoms with E-state index in [0.29, 0.717) is 11.5 Å². The highest BCUT2D eigenvalue weighted by Crippen LogP contribution is 2.30. The van der Waals surface area contributed by atoms with E-state index in [9.17, 15) is 0 Å². The van der Waals surface area contributed by atoms with Gasteiger partial charge in [0.1, 0.15) is 5.82 Å². The Balaban J connectivity index is 1.88. The Morgan fingerprint density at radius 2 is 1.65 bits per heavy atom. The molecule has 3 aromatic rings. The molecule has 26 heavy (non-hydrogen) atoms. The average molecular weight is 343 g/mol. The SMILES string of the molecule is Cc1cc(C)c(N(C)c2ccnc(Nc3ccc(C#N)cc3)n2)c(C)c1. The van der Waals surface area contributed by atoms with E-state index in [0.717, 1.165) is 17.2 Å². The number of hydrogen-bond acceptors (Lipinski definition) is 5. The lowest BCUT2D eigenvalue weighted by atomic mass is 10.0. The molecule has 3 rings (SSSR count). The van der Waals surface area contributed by atoms with Crippen molar-refractivity contribution in [2.45, 2.75) is 20.8 Å². The van der Waals surface area contributed by atoms with Crippen LogP contribution in [-0.2, 0) is 0 Å². The third-order valence-electron chi connectivity index (χ3n) is 4.23. The molecular formula is C21H21N5. The molecule has 0 atom stereocenters. The summed E-state index contributed by atoms with van der Waals surface area (Å²) >= 11 is 0. The molecule has 1 N–H and O–H groups in total. The molecule has 5 heteroatoms. The van der Waals surface area contributed by atoms with Gasteiger partial charge < -0.3 is 10.2 Å². The van der Waals surface area contributed by atoms with Crippen LogP contribution in [-0.4, -0.2) is 17.0 Å². The van der Waals surface area contributed by atoms with Gasteiger partial charge in [0.2, 0.25) is 5.95 Å². The molecule has 0 aliphatic rings. The van der Waals surface area contributed by atoms with Crippen molar-refractivity contribution in [3.63, 3.8) is 0 Å². The summed E-state index contributed by atoms with van der Waals surface area (Å²) in [7, 11) is 2.01. The van der Waals surface area contributed by atoms with E-state index in [2.05, 4.69) is 59.2 Å². The van der Waals surface area contributed by atoms with Crippen molar-refractivity contribution in [2.24, 2.45) is 0 Å². The van der Waals surface area contributed by atoms with E-state index < -0.39 is 0 Å². The third-order valence-corrected chi connectivity index (χ3v) is 4.23. The average Bonchev–Trinajstić information content (AvgIpc) is 2.61. The number of aryl methyl sites for hydroxylation is 3. The van der Waals surface area contributed by atoms with Crippen molar-refractivity contribution < 1.29 is 0 Å². The predicted molar refractivity (Wildman–Crippen MR) is 105 cm³/mol. The van der Waals surface area contributed by atoms with Crippen molar-refractivity contribution in [2.75, 3.05) is 17.3 Å². The second kappa shape index (κ2) is 7.24. The lowest BCUT2D eigenvalue weighted by molar-refractivity contribution is 1.06. The molecular weight excluding hydrogens is 322 g/mol. The number of hydrogen-bond donors (Lipinski definition) is 1. The second-order valence-electron chi connectivity index (χ2n) is 6.36. The first-order valence-corrected chi connectivity index (χ1v) is 8.40. The maximum atomic E-state index is 8.89. The Bertz CT molecular complexity index is 947. The molecule has 2 aromatic carbocycles. The van der Waals surface area contributed by atoms with E-state index in [1.807, 2.05) is 25.2 Å². The zero-order valence-corrected chi connectivity index (χ0v) is 15.4. The van der Waals surface area contributed by atoms with Crippen LogP contribution in [0.2, 0.25) is 0 Å². The van der Waals surface area contributed by atoms with E-state index in [-0.39, 0.29) is 0 Å². The van der Waals surface area contributed by atoms with Crippen LogP contribution in [0.5, 0.6) is 0 Å².